The molecule has 0 aliphatic heterocycles. The van der Waals surface area contributed by atoms with E-state index in [0.29, 0.717) is 18.5 Å². The van der Waals surface area contributed by atoms with Crippen molar-refractivity contribution in [3.8, 4) is 6.07 Å². The molecule has 33 heavy (non-hydrogen) atoms. The van der Waals surface area contributed by atoms with Gasteiger partial charge in [0.1, 0.15) is 0 Å². The van der Waals surface area contributed by atoms with Crippen molar-refractivity contribution in [1.29, 1.82) is 5.26 Å². The first-order chi connectivity index (χ1) is 15.8. The van der Waals surface area contributed by atoms with Crippen LogP contribution in [0.4, 0.5) is 23.7 Å². The van der Waals surface area contributed by atoms with Crippen LogP contribution in [-0.2, 0) is 12.7 Å². The molecule has 1 aliphatic carbocycles. The Hall–Kier alpha value is -3.54. The largest absolute Gasteiger partial charge is 0.465 e. The van der Waals surface area contributed by atoms with Gasteiger partial charge in [-0.3, -0.25) is 4.90 Å². The Kier molecular flexibility index (Phi) is 6.27. The van der Waals surface area contributed by atoms with Gasteiger partial charge in [0.2, 0.25) is 0 Å². The number of alkyl halides is 3. The number of nitrogens with zero attached hydrogens (tertiary/aromatic N) is 4. The van der Waals surface area contributed by atoms with Crippen LogP contribution in [0.5, 0.6) is 0 Å². The van der Waals surface area contributed by atoms with E-state index in [9.17, 15) is 28.3 Å². The monoisotopic (exact) mass is 456 g/mol. The topological polar surface area (TPSA) is 82.2 Å². The molecule has 1 fully saturated rings. The number of halogens is 3. The van der Waals surface area contributed by atoms with Gasteiger partial charge in [-0.2, -0.15) is 18.4 Å². The number of imidazole rings is 1. The Bertz CT molecular complexity index is 1200. The Morgan fingerprint density at radius 1 is 1.21 bits per heavy atom. The summed E-state index contributed by atoms with van der Waals surface area (Å²) in [4.78, 5) is 17.1. The van der Waals surface area contributed by atoms with Gasteiger partial charge in [-0.25, -0.2) is 9.78 Å². The molecule has 0 bridgehead atoms. The normalized spacial score (nSPS) is 18.7. The second kappa shape index (κ2) is 9.14. The van der Waals surface area contributed by atoms with E-state index in [2.05, 4.69) is 11.1 Å². The SMILES string of the molecule is N#Cc1ccc2ncn(CC3CCCC(CN(C(=O)O)c4ccccc4C(F)(F)F)C3)c2c1. The van der Waals surface area contributed by atoms with Gasteiger partial charge in [0.15, 0.2) is 0 Å². The van der Waals surface area contributed by atoms with Gasteiger partial charge < -0.3 is 9.67 Å². The van der Waals surface area contributed by atoms with Crippen molar-refractivity contribution in [2.75, 3.05) is 11.4 Å². The predicted molar refractivity (Wildman–Crippen MR) is 117 cm³/mol. The maximum absolute atomic E-state index is 13.5. The van der Waals surface area contributed by atoms with Crippen LogP contribution in [0.15, 0.2) is 48.8 Å². The van der Waals surface area contributed by atoms with E-state index < -0.39 is 17.8 Å². The van der Waals surface area contributed by atoms with Gasteiger partial charge in [-0.15, -0.1) is 0 Å². The van der Waals surface area contributed by atoms with Gasteiger partial charge in [0.05, 0.1) is 40.2 Å². The lowest BCUT2D eigenvalue weighted by atomic mass is 9.81. The zero-order chi connectivity index (χ0) is 23.6. The lowest BCUT2D eigenvalue weighted by Gasteiger charge is -2.33. The zero-order valence-electron chi connectivity index (χ0n) is 17.8. The van der Waals surface area contributed by atoms with Crippen LogP contribution in [0.1, 0.15) is 36.8 Å². The molecule has 0 radical (unpaired) electrons. The smallest absolute Gasteiger partial charge is 0.418 e. The van der Waals surface area contributed by atoms with Crippen LogP contribution < -0.4 is 4.90 Å². The average molecular weight is 456 g/mol. The quantitative estimate of drug-likeness (QED) is 0.517. The average Bonchev–Trinajstić information content (AvgIpc) is 3.18. The summed E-state index contributed by atoms with van der Waals surface area (Å²) in [7, 11) is 0. The number of anilines is 1. The summed E-state index contributed by atoms with van der Waals surface area (Å²) in [6.45, 7) is 0.677. The summed E-state index contributed by atoms with van der Waals surface area (Å²) < 4.78 is 42.4. The highest BCUT2D eigenvalue weighted by Crippen LogP contribution is 2.38. The number of carboxylic acid groups (broad SMARTS) is 1. The molecule has 6 nitrogen and oxygen atoms in total. The molecular formula is C24H23F3N4O2. The third kappa shape index (κ3) is 4.95. The highest BCUT2D eigenvalue weighted by Gasteiger charge is 2.37. The highest BCUT2D eigenvalue weighted by atomic mass is 19.4. The molecule has 1 aromatic heterocycles. The summed E-state index contributed by atoms with van der Waals surface area (Å²) in [5.41, 5.74) is 0.929. The number of nitriles is 1. The molecule has 172 valence electrons. The molecule has 3 aromatic rings. The van der Waals surface area contributed by atoms with Crippen LogP contribution >= 0.6 is 0 Å². The van der Waals surface area contributed by atoms with Crippen molar-refractivity contribution >= 4 is 22.8 Å². The molecule has 2 atom stereocenters. The number of amides is 1. The fourth-order valence-corrected chi connectivity index (χ4v) is 4.77. The minimum atomic E-state index is -4.63. The first kappa shape index (κ1) is 22.6. The number of aromatic nitrogens is 2. The minimum Gasteiger partial charge on any atom is -0.465 e. The predicted octanol–water partition coefficient (Wildman–Crippen LogP) is 5.92. The van der Waals surface area contributed by atoms with Crippen molar-refractivity contribution in [1.82, 2.24) is 9.55 Å². The standard InChI is InChI=1S/C24H23F3N4O2/c25-24(26,27)19-6-1-2-7-21(19)31(23(32)33)14-18-5-3-4-17(10-18)13-30-15-29-20-9-8-16(12-28)11-22(20)30/h1-2,6-9,11,15,17-18H,3-5,10,13-14H2,(H,32,33). The van der Waals surface area contributed by atoms with Gasteiger partial charge in [-0.05, 0) is 61.4 Å². The highest BCUT2D eigenvalue weighted by molar-refractivity contribution is 5.87. The van der Waals surface area contributed by atoms with Crippen LogP contribution in [0.3, 0.4) is 0 Å². The van der Waals surface area contributed by atoms with Crippen molar-refractivity contribution < 1.29 is 23.1 Å². The van der Waals surface area contributed by atoms with E-state index in [1.165, 1.54) is 18.2 Å². The Labute approximate surface area is 188 Å². The second-order valence-electron chi connectivity index (χ2n) is 8.52. The Balaban J connectivity index is 1.51. The van der Waals surface area contributed by atoms with Gasteiger partial charge in [-0.1, -0.05) is 18.6 Å². The van der Waals surface area contributed by atoms with Crippen molar-refractivity contribution in [3.63, 3.8) is 0 Å². The Morgan fingerprint density at radius 3 is 2.70 bits per heavy atom. The molecule has 1 heterocycles. The molecule has 1 N–H and O–H groups in total. The van der Waals surface area contributed by atoms with E-state index in [0.717, 1.165) is 41.3 Å². The molecule has 9 heteroatoms. The number of hydrogen-bond acceptors (Lipinski definition) is 3. The fraction of sp³-hybridized carbons (Fsp3) is 0.375. The number of para-hydroxylation sites is 1. The van der Waals surface area contributed by atoms with Gasteiger partial charge in [0.25, 0.3) is 0 Å². The number of rotatable bonds is 5. The van der Waals surface area contributed by atoms with Crippen molar-refractivity contribution in [2.45, 2.75) is 38.4 Å². The Morgan fingerprint density at radius 2 is 1.97 bits per heavy atom. The number of hydrogen-bond donors (Lipinski definition) is 1. The maximum atomic E-state index is 13.5. The molecule has 4 rings (SSSR count). The summed E-state index contributed by atoms with van der Waals surface area (Å²) in [6, 6.07) is 12.2. The number of carbonyl (C=O) groups is 1. The third-order valence-electron chi connectivity index (χ3n) is 6.27. The van der Waals surface area contributed by atoms with Gasteiger partial charge in [0, 0.05) is 13.1 Å². The molecular weight excluding hydrogens is 433 g/mol. The summed E-state index contributed by atoms with van der Waals surface area (Å²) in [5, 5.41) is 18.9. The lowest BCUT2D eigenvalue weighted by Crippen LogP contribution is -2.37. The van der Waals surface area contributed by atoms with Crippen LogP contribution in [0, 0.1) is 23.2 Å². The second-order valence-corrected chi connectivity index (χ2v) is 8.52. The third-order valence-corrected chi connectivity index (χ3v) is 6.27. The molecule has 1 amide bonds. The summed E-state index contributed by atoms with van der Waals surface area (Å²) >= 11 is 0. The lowest BCUT2D eigenvalue weighted by molar-refractivity contribution is -0.137. The molecule has 1 aliphatic rings. The first-order valence-corrected chi connectivity index (χ1v) is 10.8. The number of benzene rings is 2. The first-order valence-electron chi connectivity index (χ1n) is 10.8. The van der Waals surface area contributed by atoms with Crippen molar-refractivity contribution in [3.05, 3.63) is 59.9 Å². The summed E-state index contributed by atoms with van der Waals surface area (Å²) in [5.74, 6) is 0.186. The summed E-state index contributed by atoms with van der Waals surface area (Å²) in [6.07, 6.45) is -1.01. The van der Waals surface area contributed by atoms with E-state index >= 15 is 0 Å². The molecule has 2 aromatic carbocycles. The fourth-order valence-electron chi connectivity index (χ4n) is 4.77. The molecule has 2 unspecified atom stereocenters. The van der Waals surface area contributed by atoms with E-state index in [-0.39, 0.29) is 24.1 Å². The van der Waals surface area contributed by atoms with E-state index in [1.54, 1.807) is 24.5 Å². The van der Waals surface area contributed by atoms with E-state index in [4.69, 9.17) is 0 Å². The van der Waals surface area contributed by atoms with Gasteiger partial charge >= 0.3 is 12.3 Å². The minimum absolute atomic E-state index is 0.0161. The van der Waals surface area contributed by atoms with Crippen molar-refractivity contribution in [2.24, 2.45) is 11.8 Å². The number of fused-ring (bicyclic) bond motifs is 1. The van der Waals surface area contributed by atoms with E-state index in [1.807, 2.05) is 4.57 Å². The molecule has 0 saturated heterocycles. The van der Waals surface area contributed by atoms with Crippen LogP contribution in [0.25, 0.3) is 11.0 Å². The van der Waals surface area contributed by atoms with Crippen LogP contribution in [-0.4, -0.2) is 27.3 Å². The maximum Gasteiger partial charge on any atom is 0.418 e. The molecule has 0 spiro atoms. The zero-order valence-corrected chi connectivity index (χ0v) is 17.8. The van der Waals surface area contributed by atoms with Crippen LogP contribution in [0.2, 0.25) is 0 Å². The molecule has 1 saturated carbocycles.